The van der Waals surface area contributed by atoms with Crippen LogP contribution >= 0.6 is 0 Å². The van der Waals surface area contributed by atoms with E-state index < -0.39 is 16.8 Å². The molecule has 1 aliphatic rings. The van der Waals surface area contributed by atoms with E-state index in [0.717, 1.165) is 18.8 Å². The third-order valence-corrected chi connectivity index (χ3v) is 3.32. The van der Waals surface area contributed by atoms with Crippen molar-refractivity contribution in [3.8, 4) is 0 Å². The smallest absolute Gasteiger partial charge is 0.311 e. The van der Waals surface area contributed by atoms with E-state index >= 15 is 0 Å². The van der Waals surface area contributed by atoms with Crippen LogP contribution in [0.3, 0.4) is 0 Å². The van der Waals surface area contributed by atoms with E-state index in [1.54, 1.807) is 4.90 Å². The van der Waals surface area contributed by atoms with Crippen molar-refractivity contribution in [3.05, 3.63) is 22.5 Å². The zero-order valence-corrected chi connectivity index (χ0v) is 11.5. The molecule has 0 bridgehead atoms. The van der Waals surface area contributed by atoms with Crippen molar-refractivity contribution < 1.29 is 19.6 Å². The van der Waals surface area contributed by atoms with Crippen molar-refractivity contribution in [2.24, 2.45) is 5.92 Å². The van der Waals surface area contributed by atoms with Crippen LogP contribution in [0.15, 0.2) is 12.4 Å². The molecule has 0 amide bonds. The Morgan fingerprint density at radius 3 is 2.71 bits per heavy atom. The summed E-state index contributed by atoms with van der Waals surface area (Å²) >= 11 is 0. The van der Waals surface area contributed by atoms with E-state index in [1.807, 2.05) is 6.92 Å². The summed E-state index contributed by atoms with van der Waals surface area (Å²) in [5.41, 5.74) is -0.201. The Hall–Kier alpha value is -2.29. The number of nitrogens with zero attached hydrogens (tertiary/aromatic N) is 4. The minimum absolute atomic E-state index is 0.146. The third kappa shape index (κ3) is 3.24. The van der Waals surface area contributed by atoms with Gasteiger partial charge in [0.25, 0.3) is 0 Å². The highest BCUT2D eigenvalue weighted by Crippen LogP contribution is 2.24. The number of carboxylic acids is 1. The predicted molar refractivity (Wildman–Crippen MR) is 72.1 cm³/mol. The van der Waals surface area contributed by atoms with Crippen LogP contribution in [0, 0.1) is 16.0 Å². The van der Waals surface area contributed by atoms with Gasteiger partial charge in [0.2, 0.25) is 5.95 Å². The normalized spacial score (nSPS) is 21.2. The molecule has 114 valence electrons. The molecule has 9 nitrogen and oxygen atoms in total. The largest absolute Gasteiger partial charge is 0.481 e. The van der Waals surface area contributed by atoms with Gasteiger partial charge in [-0.15, -0.1) is 0 Å². The Bertz CT molecular complexity index is 521. The maximum atomic E-state index is 11.3. The molecule has 0 aliphatic carbocycles. The van der Waals surface area contributed by atoms with Gasteiger partial charge in [-0.3, -0.25) is 14.9 Å². The third-order valence-electron chi connectivity index (χ3n) is 3.32. The van der Waals surface area contributed by atoms with E-state index in [4.69, 9.17) is 4.74 Å². The number of aromatic nitrogens is 2. The molecule has 2 unspecified atom stereocenters. The van der Waals surface area contributed by atoms with E-state index in [0.29, 0.717) is 6.54 Å². The van der Waals surface area contributed by atoms with Gasteiger partial charge in [-0.25, -0.2) is 9.97 Å². The summed E-state index contributed by atoms with van der Waals surface area (Å²) in [7, 11) is 0. The molecule has 0 spiro atoms. The summed E-state index contributed by atoms with van der Waals surface area (Å²) in [4.78, 5) is 31.0. The molecular weight excluding hydrogens is 280 g/mol. The first-order valence-corrected chi connectivity index (χ1v) is 6.58. The van der Waals surface area contributed by atoms with Crippen LogP contribution in [0.5, 0.6) is 0 Å². The molecule has 0 aromatic carbocycles. The zero-order valence-electron chi connectivity index (χ0n) is 11.5. The Balaban J connectivity index is 2.25. The lowest BCUT2D eigenvalue weighted by Gasteiger charge is -2.29. The van der Waals surface area contributed by atoms with Crippen LogP contribution in [0.2, 0.25) is 0 Å². The fraction of sp³-hybridized carbons (Fsp3) is 0.583. The number of hydrogen-bond donors (Lipinski definition) is 1. The molecule has 2 rings (SSSR count). The Kier molecular flexibility index (Phi) is 4.63. The fourth-order valence-electron chi connectivity index (χ4n) is 2.30. The first kappa shape index (κ1) is 15.1. The zero-order chi connectivity index (χ0) is 15.4. The van der Waals surface area contributed by atoms with Crippen molar-refractivity contribution in [1.29, 1.82) is 0 Å². The second-order valence-corrected chi connectivity index (χ2v) is 4.74. The summed E-state index contributed by atoms with van der Waals surface area (Å²) < 4.78 is 5.26. The molecular formula is C12H16N4O5. The van der Waals surface area contributed by atoms with Gasteiger partial charge < -0.3 is 14.7 Å². The molecule has 1 saturated heterocycles. The van der Waals surface area contributed by atoms with E-state index in [1.165, 1.54) is 0 Å². The van der Waals surface area contributed by atoms with Gasteiger partial charge >= 0.3 is 11.7 Å². The molecule has 1 aromatic rings. The van der Waals surface area contributed by atoms with Crippen molar-refractivity contribution in [2.75, 3.05) is 24.7 Å². The van der Waals surface area contributed by atoms with Crippen LogP contribution in [-0.4, -0.2) is 51.8 Å². The summed E-state index contributed by atoms with van der Waals surface area (Å²) in [6, 6.07) is -0.371. The molecule has 9 heteroatoms. The van der Waals surface area contributed by atoms with E-state index in [2.05, 4.69) is 9.97 Å². The second kappa shape index (κ2) is 6.44. The minimum Gasteiger partial charge on any atom is -0.481 e. The fourth-order valence-corrected chi connectivity index (χ4v) is 2.30. The molecule has 2 atom stereocenters. The van der Waals surface area contributed by atoms with Crippen LogP contribution in [0.4, 0.5) is 11.6 Å². The monoisotopic (exact) mass is 296 g/mol. The first-order chi connectivity index (χ1) is 10.0. The van der Waals surface area contributed by atoms with Gasteiger partial charge in [0.1, 0.15) is 18.3 Å². The lowest BCUT2D eigenvalue weighted by molar-refractivity contribution is -0.385. The molecule has 21 heavy (non-hydrogen) atoms. The average Bonchev–Trinajstić information content (AvgIpc) is 2.94. The van der Waals surface area contributed by atoms with Gasteiger partial charge in [-0.05, 0) is 6.42 Å². The standard InChI is InChI=1S/C12H16N4O5/c1-2-3-15(10-7-21-6-9(10)11(17)18)12-13-4-8(5-14-12)16(19)20/h4-5,9-10H,2-3,6-7H2,1H3,(H,17,18). The van der Waals surface area contributed by atoms with E-state index in [-0.39, 0.29) is 30.9 Å². The van der Waals surface area contributed by atoms with Crippen LogP contribution in [0.25, 0.3) is 0 Å². The number of carboxylic acid groups (broad SMARTS) is 1. The highest BCUT2D eigenvalue weighted by molar-refractivity contribution is 5.72. The molecule has 0 radical (unpaired) electrons. The summed E-state index contributed by atoms with van der Waals surface area (Å²) in [5, 5.41) is 19.8. The summed E-state index contributed by atoms with van der Waals surface area (Å²) in [6.07, 6.45) is 3.01. The number of hydrogen-bond acceptors (Lipinski definition) is 7. The minimum atomic E-state index is -0.930. The van der Waals surface area contributed by atoms with Crippen LogP contribution in [-0.2, 0) is 9.53 Å². The van der Waals surface area contributed by atoms with Crippen LogP contribution < -0.4 is 4.90 Å². The summed E-state index contributed by atoms with van der Waals surface area (Å²) in [6.45, 7) is 2.92. The molecule has 2 heterocycles. The van der Waals surface area contributed by atoms with Gasteiger partial charge in [-0.2, -0.15) is 0 Å². The lowest BCUT2D eigenvalue weighted by Crippen LogP contribution is -2.44. The van der Waals surface area contributed by atoms with Crippen LogP contribution in [0.1, 0.15) is 13.3 Å². The van der Waals surface area contributed by atoms with Crippen molar-refractivity contribution in [1.82, 2.24) is 9.97 Å². The Morgan fingerprint density at radius 1 is 1.52 bits per heavy atom. The molecule has 1 N–H and O–H groups in total. The quantitative estimate of drug-likeness (QED) is 0.602. The van der Waals surface area contributed by atoms with Crippen molar-refractivity contribution >= 4 is 17.6 Å². The SMILES string of the molecule is CCCN(c1ncc([N+](=O)[O-])cn1)C1COCC1C(=O)O. The Labute approximate surface area is 120 Å². The second-order valence-electron chi connectivity index (χ2n) is 4.74. The molecule has 1 aliphatic heterocycles. The maximum absolute atomic E-state index is 11.3. The number of carbonyl (C=O) groups is 1. The topological polar surface area (TPSA) is 119 Å². The number of aliphatic carboxylic acids is 1. The van der Waals surface area contributed by atoms with Crippen molar-refractivity contribution in [3.63, 3.8) is 0 Å². The first-order valence-electron chi connectivity index (χ1n) is 6.58. The highest BCUT2D eigenvalue weighted by Gasteiger charge is 2.38. The van der Waals surface area contributed by atoms with Gasteiger partial charge in [-0.1, -0.05) is 6.92 Å². The average molecular weight is 296 g/mol. The Morgan fingerprint density at radius 2 is 2.19 bits per heavy atom. The number of nitro groups is 1. The maximum Gasteiger partial charge on any atom is 0.311 e. The number of rotatable bonds is 6. The summed E-state index contributed by atoms with van der Waals surface area (Å²) in [5.74, 6) is -1.31. The van der Waals surface area contributed by atoms with Gasteiger partial charge in [0.05, 0.1) is 24.2 Å². The van der Waals surface area contributed by atoms with E-state index in [9.17, 15) is 20.0 Å². The lowest BCUT2D eigenvalue weighted by atomic mass is 10.0. The van der Waals surface area contributed by atoms with Gasteiger partial charge in [0, 0.05) is 6.54 Å². The number of ether oxygens (including phenoxy) is 1. The van der Waals surface area contributed by atoms with Gasteiger partial charge in [0.15, 0.2) is 0 Å². The molecule has 0 saturated carbocycles. The predicted octanol–water partition coefficient (Wildman–Crippen LogP) is 0.701. The highest BCUT2D eigenvalue weighted by atomic mass is 16.6. The number of anilines is 1. The molecule has 1 aromatic heterocycles. The van der Waals surface area contributed by atoms with Crippen molar-refractivity contribution in [2.45, 2.75) is 19.4 Å². The molecule has 1 fully saturated rings.